The number of carbonyl (C=O) groups excluding carboxylic acids is 2. The summed E-state index contributed by atoms with van der Waals surface area (Å²) in [7, 11) is 1.80. The van der Waals surface area contributed by atoms with Crippen LogP contribution in [0.4, 0.5) is 0 Å². The molecule has 1 heterocycles. The molecule has 0 aromatic heterocycles. The summed E-state index contributed by atoms with van der Waals surface area (Å²) in [5.41, 5.74) is 7.80. The molecule has 1 aliphatic rings. The number of nitrogens with zero attached hydrogens (tertiary/aromatic N) is 3. The Kier molecular flexibility index (Phi) is 9.02. The van der Waals surface area contributed by atoms with E-state index in [0.717, 1.165) is 44.2 Å². The van der Waals surface area contributed by atoms with E-state index in [2.05, 4.69) is 61.8 Å². The summed E-state index contributed by atoms with van der Waals surface area (Å²) >= 11 is 0. The van der Waals surface area contributed by atoms with E-state index in [1.54, 1.807) is 19.2 Å². The summed E-state index contributed by atoms with van der Waals surface area (Å²) in [6, 6.07) is 17.6. The van der Waals surface area contributed by atoms with Gasteiger partial charge in [-0.05, 0) is 23.3 Å². The van der Waals surface area contributed by atoms with Crippen molar-refractivity contribution >= 4 is 23.8 Å². The molecule has 0 atom stereocenters. The van der Waals surface area contributed by atoms with E-state index in [-0.39, 0.29) is 12.5 Å². The van der Waals surface area contributed by atoms with E-state index in [0.29, 0.717) is 12.1 Å². The molecular weight excluding hydrogens is 416 g/mol. The first-order chi connectivity index (χ1) is 16.0. The van der Waals surface area contributed by atoms with Crippen molar-refractivity contribution < 1.29 is 9.59 Å². The SMILES string of the molecule is CN=C(NCc1ccc(C(=O)NCC(N)=O)cc1)N1CCN(C/C=C/c2ccccc2)CC1. The second kappa shape index (κ2) is 12.4. The number of nitrogens with one attached hydrogen (secondary N) is 2. The largest absolute Gasteiger partial charge is 0.368 e. The van der Waals surface area contributed by atoms with Gasteiger partial charge in [-0.2, -0.15) is 0 Å². The molecule has 8 heteroatoms. The standard InChI is InChI=1S/C25H32N6O2/c1-27-25(29-18-21-9-11-22(12-10-21)24(33)28-19-23(26)32)31-16-14-30(15-17-31)13-5-8-20-6-3-2-4-7-20/h2-12H,13-19H2,1H3,(H2,26,32)(H,27,29)(H,28,33)/b8-5+. The van der Waals surface area contributed by atoms with Crippen LogP contribution in [0.5, 0.6) is 0 Å². The number of primary amides is 1. The van der Waals surface area contributed by atoms with Gasteiger partial charge in [-0.3, -0.25) is 19.5 Å². The van der Waals surface area contributed by atoms with Gasteiger partial charge in [0.15, 0.2) is 5.96 Å². The van der Waals surface area contributed by atoms with E-state index in [9.17, 15) is 9.59 Å². The monoisotopic (exact) mass is 448 g/mol. The molecule has 1 fully saturated rings. The Labute approximate surface area is 195 Å². The third-order valence-corrected chi connectivity index (χ3v) is 5.45. The molecule has 0 unspecified atom stereocenters. The zero-order chi connectivity index (χ0) is 23.5. The maximum absolute atomic E-state index is 12.0. The van der Waals surface area contributed by atoms with Gasteiger partial charge in [0.25, 0.3) is 5.91 Å². The molecular formula is C25H32N6O2. The minimum Gasteiger partial charge on any atom is -0.368 e. The zero-order valence-corrected chi connectivity index (χ0v) is 19.0. The Hall–Kier alpha value is -3.65. The lowest BCUT2D eigenvalue weighted by Gasteiger charge is -2.36. The topological polar surface area (TPSA) is 103 Å². The van der Waals surface area contributed by atoms with Gasteiger partial charge in [0, 0.05) is 51.9 Å². The number of rotatable bonds is 8. The molecule has 33 heavy (non-hydrogen) atoms. The van der Waals surface area contributed by atoms with Crippen LogP contribution in [0.2, 0.25) is 0 Å². The van der Waals surface area contributed by atoms with E-state index in [1.165, 1.54) is 5.56 Å². The maximum Gasteiger partial charge on any atom is 0.251 e. The fourth-order valence-electron chi connectivity index (χ4n) is 3.60. The minimum atomic E-state index is -0.569. The highest BCUT2D eigenvalue weighted by molar-refractivity contribution is 5.96. The summed E-state index contributed by atoms with van der Waals surface area (Å²) in [4.78, 5) is 31.9. The number of guanidine groups is 1. The van der Waals surface area contributed by atoms with Crippen LogP contribution in [0.15, 0.2) is 65.7 Å². The molecule has 0 bridgehead atoms. The van der Waals surface area contributed by atoms with Crippen LogP contribution >= 0.6 is 0 Å². The normalized spacial score (nSPS) is 14.9. The van der Waals surface area contributed by atoms with Crippen molar-refractivity contribution in [3.8, 4) is 0 Å². The number of benzene rings is 2. The molecule has 2 amide bonds. The molecule has 1 aliphatic heterocycles. The van der Waals surface area contributed by atoms with Crippen molar-refractivity contribution in [1.82, 2.24) is 20.4 Å². The molecule has 2 aromatic carbocycles. The average Bonchev–Trinajstić information content (AvgIpc) is 2.85. The zero-order valence-electron chi connectivity index (χ0n) is 19.0. The third-order valence-electron chi connectivity index (χ3n) is 5.45. The van der Waals surface area contributed by atoms with Gasteiger partial charge in [-0.25, -0.2) is 0 Å². The number of hydrogen-bond donors (Lipinski definition) is 3. The van der Waals surface area contributed by atoms with Crippen LogP contribution in [0.1, 0.15) is 21.5 Å². The Balaban J connectivity index is 1.42. The Bertz CT molecular complexity index is 964. The van der Waals surface area contributed by atoms with Gasteiger partial charge in [0.2, 0.25) is 5.91 Å². The third kappa shape index (κ3) is 7.76. The first-order valence-corrected chi connectivity index (χ1v) is 11.1. The number of carbonyl (C=O) groups is 2. The lowest BCUT2D eigenvalue weighted by molar-refractivity contribution is -0.117. The van der Waals surface area contributed by atoms with Crippen LogP contribution in [0, 0.1) is 0 Å². The quantitative estimate of drug-likeness (QED) is 0.417. The Morgan fingerprint density at radius 3 is 2.33 bits per heavy atom. The maximum atomic E-state index is 12.0. The number of nitrogens with two attached hydrogens (primary N) is 1. The lowest BCUT2D eigenvalue weighted by Crippen LogP contribution is -2.52. The molecule has 2 aromatic rings. The van der Waals surface area contributed by atoms with Crippen LogP contribution in [0.25, 0.3) is 6.08 Å². The Morgan fingerprint density at radius 1 is 1.00 bits per heavy atom. The first-order valence-electron chi connectivity index (χ1n) is 11.1. The summed E-state index contributed by atoms with van der Waals surface area (Å²) in [5, 5.41) is 5.89. The summed E-state index contributed by atoms with van der Waals surface area (Å²) < 4.78 is 0. The second-order valence-corrected chi connectivity index (χ2v) is 7.85. The smallest absolute Gasteiger partial charge is 0.251 e. The number of amides is 2. The molecule has 8 nitrogen and oxygen atoms in total. The molecule has 1 saturated heterocycles. The Morgan fingerprint density at radius 2 is 1.70 bits per heavy atom. The van der Waals surface area contributed by atoms with Gasteiger partial charge >= 0.3 is 0 Å². The predicted octanol–water partition coefficient (Wildman–Crippen LogP) is 1.31. The van der Waals surface area contributed by atoms with Gasteiger partial charge in [-0.15, -0.1) is 0 Å². The van der Waals surface area contributed by atoms with Gasteiger partial charge in [0.05, 0.1) is 6.54 Å². The number of piperazine rings is 1. The average molecular weight is 449 g/mol. The van der Waals surface area contributed by atoms with Crippen molar-refractivity contribution in [2.75, 3.05) is 46.3 Å². The summed E-state index contributed by atoms with van der Waals surface area (Å²) in [6.07, 6.45) is 4.38. The minimum absolute atomic E-state index is 0.172. The molecule has 0 aliphatic carbocycles. The fraction of sp³-hybridized carbons (Fsp3) is 0.320. The van der Waals surface area contributed by atoms with Crippen LogP contribution < -0.4 is 16.4 Å². The number of aliphatic imine (C=N–C) groups is 1. The molecule has 174 valence electrons. The highest BCUT2D eigenvalue weighted by Crippen LogP contribution is 2.07. The van der Waals surface area contributed by atoms with E-state index in [1.807, 2.05) is 18.2 Å². The lowest BCUT2D eigenvalue weighted by atomic mass is 10.1. The van der Waals surface area contributed by atoms with Crippen LogP contribution in [-0.4, -0.2) is 73.9 Å². The van der Waals surface area contributed by atoms with Crippen molar-refractivity contribution in [3.63, 3.8) is 0 Å². The molecule has 4 N–H and O–H groups in total. The van der Waals surface area contributed by atoms with Crippen LogP contribution in [0.3, 0.4) is 0 Å². The summed E-state index contributed by atoms with van der Waals surface area (Å²) in [6.45, 7) is 5.17. The van der Waals surface area contributed by atoms with Gasteiger partial charge in [-0.1, -0.05) is 54.6 Å². The van der Waals surface area contributed by atoms with Crippen molar-refractivity contribution in [1.29, 1.82) is 0 Å². The molecule has 0 spiro atoms. The van der Waals surface area contributed by atoms with E-state index < -0.39 is 5.91 Å². The highest BCUT2D eigenvalue weighted by atomic mass is 16.2. The second-order valence-electron chi connectivity index (χ2n) is 7.85. The van der Waals surface area contributed by atoms with E-state index in [4.69, 9.17) is 5.73 Å². The van der Waals surface area contributed by atoms with Crippen molar-refractivity contribution in [2.24, 2.45) is 10.7 Å². The highest BCUT2D eigenvalue weighted by Gasteiger charge is 2.18. The van der Waals surface area contributed by atoms with Gasteiger partial charge < -0.3 is 21.3 Å². The van der Waals surface area contributed by atoms with Crippen LogP contribution in [-0.2, 0) is 11.3 Å². The predicted molar refractivity (Wildman–Crippen MR) is 132 cm³/mol. The van der Waals surface area contributed by atoms with Crippen molar-refractivity contribution in [3.05, 3.63) is 77.4 Å². The summed E-state index contributed by atoms with van der Waals surface area (Å²) in [5.74, 6) is -0.0154. The fourth-order valence-corrected chi connectivity index (χ4v) is 3.60. The molecule has 0 radical (unpaired) electrons. The first kappa shape index (κ1) is 24.0. The van der Waals surface area contributed by atoms with Gasteiger partial charge in [0.1, 0.15) is 0 Å². The van der Waals surface area contributed by atoms with Crippen molar-refractivity contribution in [2.45, 2.75) is 6.54 Å². The van der Waals surface area contributed by atoms with E-state index >= 15 is 0 Å². The molecule has 0 saturated carbocycles. The number of hydrogen-bond acceptors (Lipinski definition) is 4. The molecule has 3 rings (SSSR count).